The molecule has 0 saturated heterocycles. The summed E-state index contributed by atoms with van der Waals surface area (Å²) in [5, 5.41) is 2.37. The van der Waals surface area contributed by atoms with Gasteiger partial charge < -0.3 is 14.8 Å². The van der Waals surface area contributed by atoms with Crippen LogP contribution in [0.5, 0.6) is 0 Å². The van der Waals surface area contributed by atoms with Crippen LogP contribution in [0.25, 0.3) is 0 Å². The molecule has 0 aromatic heterocycles. The van der Waals surface area contributed by atoms with Crippen LogP contribution in [0.3, 0.4) is 0 Å². The highest BCUT2D eigenvalue weighted by Crippen LogP contribution is 2.19. The molecule has 8 nitrogen and oxygen atoms in total. The maximum Gasteiger partial charge on any atom is 0.407 e. The van der Waals surface area contributed by atoms with Crippen LogP contribution in [0.15, 0.2) is 23.1 Å². The van der Waals surface area contributed by atoms with E-state index in [1.807, 2.05) is 0 Å². The van der Waals surface area contributed by atoms with E-state index in [1.165, 1.54) is 0 Å². The first-order valence-electron chi connectivity index (χ1n) is 8.00. The maximum absolute atomic E-state index is 12.7. The van der Waals surface area contributed by atoms with Crippen LogP contribution in [0.4, 0.5) is 4.79 Å². The summed E-state index contributed by atoms with van der Waals surface area (Å²) in [5.41, 5.74) is 0.366. The Labute approximate surface area is 154 Å². The largest absolute Gasteiger partial charge is 0.468 e. The van der Waals surface area contributed by atoms with E-state index in [0.717, 1.165) is 7.11 Å². The van der Waals surface area contributed by atoms with Crippen molar-refractivity contribution in [3.05, 3.63) is 29.3 Å². The monoisotopic (exact) mass is 386 g/mol. The lowest BCUT2D eigenvalue weighted by atomic mass is 10.2. The molecular weight excluding hydrogens is 360 g/mol. The number of rotatable bonds is 6. The third kappa shape index (κ3) is 6.30. The second kappa shape index (κ2) is 8.50. The number of methoxy groups -OCH3 is 1. The third-order valence-electron chi connectivity index (χ3n) is 3.31. The number of carbonyl (C=O) groups is 2. The van der Waals surface area contributed by atoms with Gasteiger partial charge in [0.2, 0.25) is 10.0 Å². The molecule has 1 aromatic rings. The van der Waals surface area contributed by atoms with Crippen molar-refractivity contribution in [1.29, 1.82) is 0 Å². The standard InChI is InChI=1S/C17H26N2O6S/c1-11-8-7-9-12(2)14(11)26(22,23)19-13(15(20)24-6)10-18-16(21)25-17(3,4)5/h7-9,13,19H,10H2,1-6H3,(H,18,21)/t13-/m0/s1. The lowest BCUT2D eigenvalue weighted by Gasteiger charge is -2.22. The molecule has 0 bridgehead atoms. The van der Waals surface area contributed by atoms with Gasteiger partial charge in [-0.2, -0.15) is 4.72 Å². The van der Waals surface area contributed by atoms with E-state index >= 15 is 0 Å². The van der Waals surface area contributed by atoms with Gasteiger partial charge in [-0.1, -0.05) is 18.2 Å². The van der Waals surface area contributed by atoms with Crippen molar-refractivity contribution in [1.82, 2.24) is 10.0 Å². The Balaban J connectivity index is 2.98. The lowest BCUT2D eigenvalue weighted by molar-refractivity contribution is -0.142. The number of hydrogen-bond donors (Lipinski definition) is 2. The average molecular weight is 386 g/mol. The highest BCUT2D eigenvalue weighted by molar-refractivity contribution is 7.89. The Kier molecular flexibility index (Phi) is 7.16. The van der Waals surface area contributed by atoms with Crippen LogP contribution in [0, 0.1) is 13.8 Å². The minimum Gasteiger partial charge on any atom is -0.468 e. The SMILES string of the molecule is COC(=O)[C@H](CNC(=O)OC(C)(C)C)NS(=O)(=O)c1c(C)cccc1C. The van der Waals surface area contributed by atoms with Crippen LogP contribution in [-0.4, -0.2) is 45.8 Å². The third-order valence-corrected chi connectivity index (χ3v) is 5.09. The number of carbonyl (C=O) groups excluding carboxylic acids is 2. The molecule has 1 aromatic carbocycles. The van der Waals surface area contributed by atoms with Crippen molar-refractivity contribution >= 4 is 22.1 Å². The first-order valence-corrected chi connectivity index (χ1v) is 9.49. The number of esters is 1. The van der Waals surface area contributed by atoms with Gasteiger partial charge in [0.15, 0.2) is 0 Å². The fourth-order valence-electron chi connectivity index (χ4n) is 2.28. The molecule has 26 heavy (non-hydrogen) atoms. The molecule has 0 saturated carbocycles. The van der Waals surface area contributed by atoms with Crippen molar-refractivity contribution in [2.75, 3.05) is 13.7 Å². The maximum atomic E-state index is 12.7. The Bertz CT molecular complexity index is 748. The Morgan fingerprint density at radius 1 is 1.15 bits per heavy atom. The minimum atomic E-state index is -4.00. The predicted molar refractivity (Wildman–Crippen MR) is 96.3 cm³/mol. The number of nitrogens with one attached hydrogen (secondary N) is 2. The summed E-state index contributed by atoms with van der Waals surface area (Å²) >= 11 is 0. The summed E-state index contributed by atoms with van der Waals surface area (Å²) in [6.45, 7) is 8.07. The second-order valence-electron chi connectivity index (χ2n) is 6.80. The number of benzene rings is 1. The molecule has 0 aliphatic carbocycles. The summed E-state index contributed by atoms with van der Waals surface area (Å²) in [5.74, 6) is -0.823. The first kappa shape index (κ1) is 21.9. The van der Waals surface area contributed by atoms with Gasteiger partial charge in [0.1, 0.15) is 11.6 Å². The highest BCUT2D eigenvalue weighted by Gasteiger charge is 2.29. The number of alkyl carbamates (subject to hydrolysis) is 1. The fraction of sp³-hybridized carbons (Fsp3) is 0.529. The Hall–Kier alpha value is -2.13. The minimum absolute atomic E-state index is 0.0890. The molecule has 0 aliphatic rings. The van der Waals surface area contributed by atoms with E-state index < -0.39 is 33.7 Å². The van der Waals surface area contributed by atoms with Crippen molar-refractivity contribution in [3.63, 3.8) is 0 Å². The smallest absolute Gasteiger partial charge is 0.407 e. The molecular formula is C17H26N2O6S. The zero-order chi connectivity index (χ0) is 20.1. The number of hydrogen-bond acceptors (Lipinski definition) is 6. The van der Waals surface area contributed by atoms with Crippen LogP contribution in [0.2, 0.25) is 0 Å². The zero-order valence-corrected chi connectivity index (χ0v) is 16.7. The molecule has 0 unspecified atom stereocenters. The van der Waals surface area contributed by atoms with Gasteiger partial charge in [0, 0.05) is 6.54 Å². The topological polar surface area (TPSA) is 111 Å². The van der Waals surface area contributed by atoms with Gasteiger partial charge in [-0.15, -0.1) is 0 Å². The van der Waals surface area contributed by atoms with Gasteiger partial charge in [0.05, 0.1) is 12.0 Å². The second-order valence-corrected chi connectivity index (χ2v) is 8.45. The normalized spacial score (nSPS) is 13.0. The van der Waals surface area contributed by atoms with Crippen molar-refractivity contribution < 1.29 is 27.5 Å². The molecule has 0 aliphatic heterocycles. The highest BCUT2D eigenvalue weighted by atomic mass is 32.2. The molecule has 0 fully saturated rings. The molecule has 1 rings (SSSR count). The van der Waals surface area contributed by atoms with E-state index in [1.54, 1.807) is 52.8 Å². The summed E-state index contributed by atoms with van der Waals surface area (Å²) < 4.78 is 37.4. The molecule has 0 radical (unpaired) electrons. The summed E-state index contributed by atoms with van der Waals surface area (Å²) in [4.78, 5) is 23.8. The molecule has 146 valence electrons. The van der Waals surface area contributed by atoms with Crippen molar-refractivity contribution in [3.8, 4) is 0 Å². The lowest BCUT2D eigenvalue weighted by Crippen LogP contribution is -2.49. The number of aryl methyl sites for hydroxylation is 2. The average Bonchev–Trinajstić information content (AvgIpc) is 2.48. The van der Waals surface area contributed by atoms with E-state index in [4.69, 9.17) is 4.74 Å². The van der Waals surface area contributed by atoms with Crippen LogP contribution >= 0.6 is 0 Å². The molecule has 1 amide bonds. The number of ether oxygens (including phenoxy) is 2. The quantitative estimate of drug-likeness (QED) is 0.719. The van der Waals surface area contributed by atoms with Crippen LogP contribution in [-0.2, 0) is 24.3 Å². The van der Waals surface area contributed by atoms with Crippen LogP contribution < -0.4 is 10.0 Å². The number of amides is 1. The Morgan fingerprint density at radius 2 is 1.69 bits per heavy atom. The van der Waals surface area contributed by atoms with Crippen molar-refractivity contribution in [2.45, 2.75) is 51.2 Å². The molecule has 9 heteroatoms. The van der Waals surface area contributed by atoms with Crippen molar-refractivity contribution in [2.24, 2.45) is 0 Å². The summed E-state index contributed by atoms with van der Waals surface area (Å²) in [7, 11) is -2.87. The molecule has 2 N–H and O–H groups in total. The zero-order valence-electron chi connectivity index (χ0n) is 15.9. The van der Waals surface area contributed by atoms with Gasteiger partial charge in [-0.3, -0.25) is 4.79 Å². The van der Waals surface area contributed by atoms with Gasteiger partial charge in [0.25, 0.3) is 0 Å². The number of sulfonamides is 1. The first-order chi connectivity index (χ1) is 11.9. The van der Waals surface area contributed by atoms with E-state index in [9.17, 15) is 18.0 Å². The summed E-state index contributed by atoms with van der Waals surface area (Å²) in [6, 6.07) is 3.77. The predicted octanol–water partition coefficient (Wildman–Crippen LogP) is 1.65. The Morgan fingerprint density at radius 3 is 2.15 bits per heavy atom. The van der Waals surface area contributed by atoms with E-state index in [-0.39, 0.29) is 11.4 Å². The van der Waals surface area contributed by atoms with Gasteiger partial charge in [-0.25, -0.2) is 13.2 Å². The van der Waals surface area contributed by atoms with E-state index in [2.05, 4.69) is 14.8 Å². The summed E-state index contributed by atoms with van der Waals surface area (Å²) in [6.07, 6.45) is -0.766. The molecule has 0 heterocycles. The fourth-order valence-corrected chi connectivity index (χ4v) is 3.94. The molecule has 1 atom stereocenters. The van der Waals surface area contributed by atoms with Gasteiger partial charge in [-0.05, 0) is 45.7 Å². The molecule has 0 spiro atoms. The van der Waals surface area contributed by atoms with Gasteiger partial charge >= 0.3 is 12.1 Å². The van der Waals surface area contributed by atoms with Crippen LogP contribution in [0.1, 0.15) is 31.9 Å². The van der Waals surface area contributed by atoms with E-state index in [0.29, 0.717) is 11.1 Å².